The van der Waals surface area contributed by atoms with Crippen LogP contribution in [0.15, 0.2) is 91.0 Å². The molecule has 3 aromatic carbocycles. The van der Waals surface area contributed by atoms with Crippen LogP contribution in [0.2, 0.25) is 0 Å². The molecule has 1 aliphatic heterocycles. The number of hydrazine groups is 1. The molecule has 2 nitrogen and oxygen atoms in total. The third-order valence-corrected chi connectivity index (χ3v) is 4.70. The van der Waals surface area contributed by atoms with Gasteiger partial charge in [-0.1, -0.05) is 71.4 Å². The Balaban J connectivity index is 1.83. The summed E-state index contributed by atoms with van der Waals surface area (Å²) >= 11 is 0. The van der Waals surface area contributed by atoms with Crippen LogP contribution in [-0.4, -0.2) is 22.5 Å². The van der Waals surface area contributed by atoms with E-state index >= 15 is 0 Å². The van der Waals surface area contributed by atoms with Crippen LogP contribution in [0.1, 0.15) is 23.6 Å². The molecule has 0 aliphatic carbocycles. The van der Waals surface area contributed by atoms with E-state index in [9.17, 15) is 0 Å². The van der Waals surface area contributed by atoms with Crippen LogP contribution in [0, 0.1) is 0 Å². The summed E-state index contributed by atoms with van der Waals surface area (Å²) in [4.78, 5) is 0. The van der Waals surface area contributed by atoms with Crippen LogP contribution < -0.4 is 0 Å². The average Bonchev–Trinajstić information content (AvgIpc) is 3.01. The first kappa shape index (κ1) is 14.7. The van der Waals surface area contributed by atoms with Crippen LogP contribution in [0.3, 0.4) is 0 Å². The molecule has 118 valence electrons. The van der Waals surface area contributed by atoms with Crippen molar-refractivity contribution in [3.05, 3.63) is 102 Å². The minimum atomic E-state index is 0.349. The van der Waals surface area contributed by atoms with Gasteiger partial charge < -0.3 is 0 Å². The van der Waals surface area contributed by atoms with Gasteiger partial charge in [0.05, 0.1) is 13.5 Å². The third kappa shape index (κ3) is 2.61. The molecule has 0 fully saturated rings. The standard InChI is InChI=1S/C22H21N2/c1-23-21(18-11-5-2-6-12-18)17-22(19-13-7-3-8-14-19)24(23)20-15-9-4-10-16-20/h2-16,21H,17H2,1H3/q+1. The summed E-state index contributed by atoms with van der Waals surface area (Å²) in [6.07, 6.45) is 0.999. The van der Waals surface area contributed by atoms with Gasteiger partial charge in [0.25, 0.3) is 0 Å². The lowest BCUT2D eigenvalue weighted by atomic mass is 9.99. The molecule has 0 amide bonds. The molecule has 24 heavy (non-hydrogen) atoms. The van der Waals surface area contributed by atoms with E-state index in [0.29, 0.717) is 6.04 Å². The van der Waals surface area contributed by atoms with Gasteiger partial charge in [-0.25, -0.2) is 0 Å². The number of hydrogen-bond acceptors (Lipinski definition) is 1. The van der Waals surface area contributed by atoms with Crippen molar-refractivity contribution in [2.45, 2.75) is 12.5 Å². The fourth-order valence-electron chi connectivity index (χ4n) is 3.52. The van der Waals surface area contributed by atoms with Crippen molar-refractivity contribution in [1.82, 2.24) is 5.01 Å². The first-order valence-electron chi connectivity index (χ1n) is 8.39. The number of para-hydroxylation sites is 1. The Morgan fingerprint density at radius 3 is 1.92 bits per heavy atom. The zero-order chi connectivity index (χ0) is 16.4. The van der Waals surface area contributed by atoms with Gasteiger partial charge in [0.15, 0.2) is 0 Å². The Labute approximate surface area is 143 Å². The van der Waals surface area contributed by atoms with Crippen molar-refractivity contribution in [2.75, 3.05) is 7.05 Å². The van der Waals surface area contributed by atoms with E-state index in [1.807, 2.05) is 0 Å². The van der Waals surface area contributed by atoms with Gasteiger partial charge in [-0.3, -0.25) is 0 Å². The summed E-state index contributed by atoms with van der Waals surface area (Å²) < 4.78 is 2.35. The number of nitrogens with zero attached hydrogens (tertiary/aromatic N) is 2. The molecule has 1 heterocycles. The molecule has 0 N–H and O–H groups in total. The summed E-state index contributed by atoms with van der Waals surface area (Å²) in [6.45, 7) is 0. The van der Waals surface area contributed by atoms with Crippen molar-refractivity contribution in [1.29, 1.82) is 0 Å². The smallest absolute Gasteiger partial charge is 0.175 e. The molecule has 4 rings (SSSR count). The lowest BCUT2D eigenvalue weighted by Crippen LogP contribution is -2.27. The third-order valence-electron chi connectivity index (χ3n) is 4.70. The summed E-state index contributed by atoms with van der Waals surface area (Å²) in [5.41, 5.74) is 5.19. The molecule has 0 bridgehead atoms. The predicted molar refractivity (Wildman–Crippen MR) is 98.5 cm³/mol. The molecule has 1 aliphatic rings. The van der Waals surface area contributed by atoms with Crippen molar-refractivity contribution in [3.63, 3.8) is 0 Å². The van der Waals surface area contributed by atoms with Gasteiger partial charge in [0, 0.05) is 17.7 Å². The number of hydrazone groups is 1. The largest absolute Gasteiger partial charge is 0.235 e. The molecule has 0 saturated heterocycles. The molecule has 0 aromatic heterocycles. The van der Waals surface area contributed by atoms with E-state index in [1.165, 1.54) is 22.5 Å². The predicted octanol–water partition coefficient (Wildman–Crippen LogP) is 4.81. The second-order valence-corrected chi connectivity index (χ2v) is 6.16. The van der Waals surface area contributed by atoms with E-state index < -0.39 is 0 Å². The number of hydrogen-bond donors (Lipinski definition) is 0. The van der Waals surface area contributed by atoms with Crippen molar-refractivity contribution in [2.24, 2.45) is 0 Å². The second kappa shape index (κ2) is 6.32. The summed E-state index contributed by atoms with van der Waals surface area (Å²) in [6, 6.07) is 32.4. The maximum Gasteiger partial charge on any atom is 0.235 e. The van der Waals surface area contributed by atoms with Gasteiger partial charge in [0.2, 0.25) is 11.4 Å². The Bertz CT molecular complexity index is 839. The Morgan fingerprint density at radius 1 is 0.750 bits per heavy atom. The quantitative estimate of drug-likeness (QED) is 0.629. The second-order valence-electron chi connectivity index (χ2n) is 6.16. The first-order chi connectivity index (χ1) is 11.8. The van der Waals surface area contributed by atoms with E-state index in [-0.39, 0.29) is 0 Å². The Hall–Kier alpha value is -2.87. The molecular formula is C22H21N2+. The zero-order valence-electron chi connectivity index (χ0n) is 13.8. The highest BCUT2D eigenvalue weighted by Crippen LogP contribution is 2.34. The fraction of sp³-hybridized carbons (Fsp3) is 0.136. The van der Waals surface area contributed by atoms with Crippen molar-refractivity contribution in [3.8, 4) is 0 Å². The minimum absolute atomic E-state index is 0.349. The van der Waals surface area contributed by atoms with Gasteiger partial charge in [-0.05, 0) is 17.7 Å². The van der Waals surface area contributed by atoms with Crippen LogP contribution in [-0.2, 0) is 0 Å². The van der Waals surface area contributed by atoms with Crippen LogP contribution >= 0.6 is 0 Å². The van der Waals surface area contributed by atoms with Crippen molar-refractivity contribution >= 4 is 11.4 Å². The highest BCUT2D eigenvalue weighted by atomic mass is 15.6. The lowest BCUT2D eigenvalue weighted by Gasteiger charge is -2.18. The van der Waals surface area contributed by atoms with Gasteiger partial charge in [0.1, 0.15) is 6.04 Å². The van der Waals surface area contributed by atoms with E-state index in [0.717, 1.165) is 6.42 Å². The minimum Gasteiger partial charge on any atom is -0.175 e. The van der Waals surface area contributed by atoms with E-state index in [2.05, 4.69) is 108 Å². The Kier molecular flexibility index (Phi) is 3.87. The number of benzene rings is 3. The summed E-state index contributed by atoms with van der Waals surface area (Å²) in [7, 11) is 2.18. The van der Waals surface area contributed by atoms with E-state index in [4.69, 9.17) is 0 Å². The van der Waals surface area contributed by atoms with Gasteiger partial charge in [-0.15, -0.1) is 0 Å². The Morgan fingerprint density at radius 2 is 1.29 bits per heavy atom. The summed E-state index contributed by atoms with van der Waals surface area (Å²) in [5.74, 6) is 0. The zero-order valence-corrected chi connectivity index (χ0v) is 13.8. The molecule has 1 unspecified atom stereocenters. The highest BCUT2D eigenvalue weighted by molar-refractivity contribution is 5.98. The number of rotatable bonds is 3. The van der Waals surface area contributed by atoms with Crippen LogP contribution in [0.25, 0.3) is 0 Å². The molecule has 0 saturated carbocycles. The average molecular weight is 313 g/mol. The molecule has 3 aromatic rings. The topological polar surface area (TPSA) is 6.25 Å². The van der Waals surface area contributed by atoms with Crippen LogP contribution in [0.5, 0.6) is 0 Å². The lowest BCUT2D eigenvalue weighted by molar-refractivity contribution is -0.615. The first-order valence-corrected chi connectivity index (χ1v) is 8.39. The van der Waals surface area contributed by atoms with Crippen LogP contribution in [0.4, 0.5) is 5.69 Å². The molecule has 0 radical (unpaired) electrons. The summed E-state index contributed by atoms with van der Waals surface area (Å²) in [5, 5.41) is 2.35. The molecule has 1 atom stereocenters. The van der Waals surface area contributed by atoms with Crippen molar-refractivity contribution < 1.29 is 4.68 Å². The van der Waals surface area contributed by atoms with Gasteiger partial charge >= 0.3 is 0 Å². The maximum atomic E-state index is 2.35. The molecule has 0 spiro atoms. The SMILES string of the molecule is CN1C(c2ccccc2)CC(c2ccccc2)=[N+]1c1ccccc1. The van der Waals surface area contributed by atoms with Gasteiger partial charge in [-0.2, -0.15) is 5.01 Å². The maximum absolute atomic E-state index is 2.35. The fourth-order valence-corrected chi connectivity index (χ4v) is 3.52. The molecular weight excluding hydrogens is 292 g/mol. The van der Waals surface area contributed by atoms with E-state index in [1.54, 1.807) is 0 Å². The monoisotopic (exact) mass is 313 g/mol. The molecule has 2 heteroatoms. The highest BCUT2D eigenvalue weighted by Gasteiger charge is 2.39. The normalized spacial score (nSPS) is 17.4.